The van der Waals surface area contributed by atoms with Crippen molar-refractivity contribution in [1.29, 1.82) is 0 Å². The fourth-order valence-corrected chi connectivity index (χ4v) is 4.79. The van der Waals surface area contributed by atoms with Gasteiger partial charge in [0.2, 0.25) is 11.2 Å². The second kappa shape index (κ2) is 8.95. The molecule has 0 bridgehead atoms. The Hall–Kier alpha value is -5.71. The third-order valence-electron chi connectivity index (χ3n) is 6.67. The first-order valence-electron chi connectivity index (χ1n) is 11.8. The lowest BCUT2D eigenvalue weighted by molar-refractivity contribution is -0.135. The number of hydrogen-bond acceptors (Lipinski definition) is 10. The molecule has 3 aromatic carbocycles. The molecule has 0 radical (unpaired) electrons. The summed E-state index contributed by atoms with van der Waals surface area (Å²) in [6, 6.07) is 13.9. The van der Waals surface area contributed by atoms with Crippen LogP contribution in [0.3, 0.4) is 0 Å². The van der Waals surface area contributed by atoms with Gasteiger partial charge in [0, 0.05) is 22.8 Å². The number of phenolic OH excluding ortho intramolecular Hbond substituents is 3. The second-order valence-corrected chi connectivity index (χ2v) is 9.14. The van der Waals surface area contributed by atoms with Crippen LogP contribution in [0.15, 0.2) is 74.3 Å². The van der Waals surface area contributed by atoms with Crippen molar-refractivity contribution in [3.05, 3.63) is 87.8 Å². The van der Waals surface area contributed by atoms with Gasteiger partial charge in [0.15, 0.2) is 17.3 Å². The zero-order valence-electron chi connectivity index (χ0n) is 20.2. The van der Waals surface area contributed by atoms with Crippen LogP contribution in [-0.4, -0.2) is 37.5 Å². The molecule has 3 heterocycles. The predicted molar refractivity (Wildman–Crippen MR) is 138 cm³/mol. The maximum Gasteiger partial charge on any atom is 0.335 e. The highest BCUT2D eigenvalue weighted by atomic mass is 16.5. The molecule has 1 unspecified atom stereocenters. The number of ether oxygens (including phenoxy) is 1. The molecule has 5 aromatic rings. The number of carbonyl (C=O) groups is 2. The van der Waals surface area contributed by atoms with Crippen LogP contribution in [0, 0.1) is 0 Å². The molecular formula is C29H18O11. The fraction of sp³-hybridized carbons (Fsp3) is 0.0690. The van der Waals surface area contributed by atoms with Crippen molar-refractivity contribution >= 4 is 22.9 Å². The maximum atomic E-state index is 13.2. The smallest absolute Gasteiger partial charge is 0.335 e. The van der Waals surface area contributed by atoms with Gasteiger partial charge in [-0.1, -0.05) is 12.1 Å². The minimum absolute atomic E-state index is 0.0480. The SMILES string of the molecule is O=C1CC(c2ccc(-c3cccc(C(=O)O)c3)o2)c2c(cc(O)c3c(=O)c(O)c(-c4ccc(O)c(O)c4)oc23)O1. The first kappa shape index (κ1) is 24.6. The molecule has 11 heteroatoms. The summed E-state index contributed by atoms with van der Waals surface area (Å²) < 4.78 is 17.3. The molecule has 5 N–H and O–H groups in total. The largest absolute Gasteiger partial charge is 0.507 e. The Labute approximate surface area is 223 Å². The van der Waals surface area contributed by atoms with Crippen LogP contribution < -0.4 is 10.2 Å². The standard InChI is InChI=1S/C29H18O11/c30-16-5-4-13(9-17(16)31)27-26(35)25(34)24-18(32)11-21-23(28(24)40-27)15(10-22(33)39-21)20-7-6-19(38-20)12-2-1-3-14(8-12)29(36)37/h1-9,11,15,30-32,35H,10H2,(H,36,37). The van der Waals surface area contributed by atoms with Crippen molar-refractivity contribution in [2.24, 2.45) is 0 Å². The minimum Gasteiger partial charge on any atom is -0.507 e. The molecule has 0 amide bonds. The number of aromatic carboxylic acids is 1. The fourth-order valence-electron chi connectivity index (χ4n) is 4.79. The quantitative estimate of drug-likeness (QED) is 0.120. The summed E-state index contributed by atoms with van der Waals surface area (Å²) in [5.74, 6) is -4.90. The van der Waals surface area contributed by atoms with Crippen LogP contribution in [0.5, 0.6) is 28.7 Å². The normalized spacial score (nSPS) is 14.6. The van der Waals surface area contributed by atoms with E-state index in [1.165, 1.54) is 18.2 Å². The van der Waals surface area contributed by atoms with E-state index in [1.54, 1.807) is 24.3 Å². The van der Waals surface area contributed by atoms with Crippen LogP contribution in [0.25, 0.3) is 33.6 Å². The van der Waals surface area contributed by atoms with Crippen LogP contribution in [0.4, 0.5) is 0 Å². The monoisotopic (exact) mass is 542 g/mol. The zero-order chi connectivity index (χ0) is 28.3. The summed E-state index contributed by atoms with van der Waals surface area (Å²) in [4.78, 5) is 37.1. The second-order valence-electron chi connectivity index (χ2n) is 9.14. The molecule has 0 saturated carbocycles. The Bertz CT molecular complexity index is 1930. The molecular weight excluding hydrogens is 524 g/mol. The highest BCUT2D eigenvalue weighted by Crippen LogP contribution is 2.48. The molecule has 0 fully saturated rings. The van der Waals surface area contributed by atoms with Crippen molar-refractivity contribution in [1.82, 2.24) is 0 Å². The Morgan fingerprint density at radius 3 is 2.38 bits per heavy atom. The summed E-state index contributed by atoms with van der Waals surface area (Å²) in [5, 5.41) is 49.8. The number of carbonyl (C=O) groups excluding carboxylic acids is 1. The number of fused-ring (bicyclic) bond motifs is 3. The summed E-state index contributed by atoms with van der Waals surface area (Å²) >= 11 is 0. The zero-order valence-corrected chi connectivity index (χ0v) is 20.2. The first-order valence-corrected chi connectivity index (χ1v) is 11.8. The van der Waals surface area contributed by atoms with Gasteiger partial charge in [-0.3, -0.25) is 9.59 Å². The van der Waals surface area contributed by atoms with Crippen LogP contribution in [0.1, 0.15) is 34.0 Å². The van der Waals surface area contributed by atoms with Gasteiger partial charge in [0.05, 0.1) is 17.9 Å². The molecule has 2 aromatic heterocycles. The number of rotatable bonds is 4. The molecule has 40 heavy (non-hydrogen) atoms. The number of benzene rings is 3. The number of furan rings is 1. The predicted octanol–water partition coefficient (Wildman–Crippen LogP) is 4.68. The van der Waals surface area contributed by atoms with Crippen LogP contribution in [-0.2, 0) is 4.79 Å². The van der Waals surface area contributed by atoms with E-state index in [0.717, 1.165) is 18.2 Å². The third kappa shape index (κ3) is 3.88. The van der Waals surface area contributed by atoms with E-state index in [0.29, 0.717) is 11.3 Å². The molecule has 200 valence electrons. The van der Waals surface area contributed by atoms with Crippen molar-refractivity contribution in [2.75, 3.05) is 0 Å². The van der Waals surface area contributed by atoms with Gasteiger partial charge in [-0.2, -0.15) is 0 Å². The Morgan fingerprint density at radius 1 is 0.825 bits per heavy atom. The van der Waals surface area contributed by atoms with E-state index in [2.05, 4.69) is 0 Å². The van der Waals surface area contributed by atoms with Gasteiger partial charge < -0.3 is 39.1 Å². The van der Waals surface area contributed by atoms with Gasteiger partial charge in [-0.25, -0.2) is 4.79 Å². The van der Waals surface area contributed by atoms with Gasteiger partial charge >= 0.3 is 11.9 Å². The van der Waals surface area contributed by atoms with E-state index in [4.69, 9.17) is 13.6 Å². The number of carboxylic acid groups (broad SMARTS) is 1. The van der Waals surface area contributed by atoms with E-state index in [9.17, 15) is 39.9 Å². The Kier molecular flexibility index (Phi) is 5.51. The van der Waals surface area contributed by atoms with Crippen LogP contribution >= 0.6 is 0 Å². The average Bonchev–Trinajstić information content (AvgIpc) is 3.42. The average molecular weight is 542 g/mol. The molecule has 11 nitrogen and oxygen atoms in total. The number of aromatic hydroxyl groups is 4. The topological polar surface area (TPSA) is 188 Å². The van der Waals surface area contributed by atoms with Crippen molar-refractivity contribution in [3.63, 3.8) is 0 Å². The molecule has 0 saturated heterocycles. The van der Waals surface area contributed by atoms with Crippen molar-refractivity contribution in [2.45, 2.75) is 12.3 Å². The van der Waals surface area contributed by atoms with Gasteiger partial charge in [-0.05, 0) is 42.5 Å². The van der Waals surface area contributed by atoms with E-state index in [-0.39, 0.29) is 51.4 Å². The minimum atomic E-state index is -1.11. The first-order chi connectivity index (χ1) is 19.1. The number of esters is 1. The number of phenols is 3. The lowest BCUT2D eigenvalue weighted by Gasteiger charge is -2.24. The summed E-state index contributed by atoms with van der Waals surface area (Å²) in [5.41, 5.74) is -0.404. The van der Waals surface area contributed by atoms with Gasteiger partial charge in [0.1, 0.15) is 34.0 Å². The summed E-state index contributed by atoms with van der Waals surface area (Å²) in [6.07, 6.45) is -0.227. The molecule has 0 spiro atoms. The maximum absolute atomic E-state index is 13.2. The van der Waals surface area contributed by atoms with E-state index in [1.807, 2.05) is 0 Å². The Balaban J connectivity index is 1.56. The highest BCUT2D eigenvalue weighted by molar-refractivity contribution is 5.94. The highest BCUT2D eigenvalue weighted by Gasteiger charge is 2.36. The number of hydrogen-bond donors (Lipinski definition) is 5. The molecule has 6 rings (SSSR count). The summed E-state index contributed by atoms with van der Waals surface area (Å²) in [6.45, 7) is 0. The Morgan fingerprint density at radius 2 is 1.62 bits per heavy atom. The summed E-state index contributed by atoms with van der Waals surface area (Å²) in [7, 11) is 0. The van der Waals surface area contributed by atoms with Crippen LogP contribution in [0.2, 0.25) is 0 Å². The third-order valence-corrected chi connectivity index (χ3v) is 6.67. The number of carboxylic acids is 1. The molecule has 1 aliphatic rings. The molecule has 0 aliphatic carbocycles. The van der Waals surface area contributed by atoms with Gasteiger partial charge in [0.25, 0.3) is 0 Å². The van der Waals surface area contributed by atoms with E-state index >= 15 is 0 Å². The molecule has 1 atom stereocenters. The van der Waals surface area contributed by atoms with Crippen molar-refractivity contribution in [3.8, 4) is 51.4 Å². The van der Waals surface area contributed by atoms with Gasteiger partial charge in [-0.15, -0.1) is 0 Å². The van der Waals surface area contributed by atoms with Crippen molar-refractivity contribution < 1.29 is 48.7 Å². The lowest BCUT2D eigenvalue weighted by atomic mass is 9.88. The lowest BCUT2D eigenvalue weighted by Crippen LogP contribution is -2.21. The van der Waals surface area contributed by atoms with E-state index < -0.39 is 46.3 Å². The molecule has 1 aliphatic heterocycles.